The molecule has 3 aliphatic rings. The van der Waals surface area contributed by atoms with E-state index in [1.165, 1.54) is 106 Å². The predicted molar refractivity (Wildman–Crippen MR) is 219 cm³/mol. The van der Waals surface area contributed by atoms with Gasteiger partial charge in [-0.25, -0.2) is 0 Å². The molecule has 3 nitrogen and oxygen atoms in total. The normalized spacial score (nSPS) is 15.8. The largest absolute Gasteiger partial charge is 0.335 e. The average molecular weight is 662 g/mol. The molecule has 0 unspecified atom stereocenters. The summed E-state index contributed by atoms with van der Waals surface area (Å²) in [6.07, 6.45) is 0. The van der Waals surface area contributed by atoms with Crippen LogP contribution in [0.15, 0.2) is 103 Å². The maximum atomic E-state index is 2.73. The van der Waals surface area contributed by atoms with Crippen molar-refractivity contribution in [1.29, 1.82) is 0 Å². The minimum Gasteiger partial charge on any atom is -0.335 e. The second kappa shape index (κ2) is 9.97. The summed E-state index contributed by atoms with van der Waals surface area (Å²) in [5.74, 6) is 0. The van der Waals surface area contributed by atoms with Crippen LogP contribution in [0.2, 0.25) is 0 Å². The molecule has 4 heteroatoms. The molecule has 0 radical (unpaired) electrons. The van der Waals surface area contributed by atoms with Gasteiger partial charge >= 0.3 is 0 Å². The molecule has 250 valence electrons. The third-order valence-corrected chi connectivity index (χ3v) is 12.9. The topological polar surface area (TPSA) is 11.4 Å². The minimum atomic E-state index is -0.177. The van der Waals surface area contributed by atoms with E-state index in [9.17, 15) is 0 Å². The Labute approximate surface area is 302 Å². The third kappa shape index (κ3) is 3.80. The molecule has 0 amide bonds. The highest BCUT2D eigenvalue weighted by atomic mass is 15.3. The molecule has 4 heterocycles. The molecule has 0 saturated carbocycles. The summed E-state index contributed by atoms with van der Waals surface area (Å²) in [7, 11) is 0. The summed E-state index contributed by atoms with van der Waals surface area (Å²) >= 11 is 0. The Morgan fingerprint density at radius 2 is 1.20 bits per heavy atom. The number of hydrogen-bond donors (Lipinski definition) is 0. The Kier molecular flexibility index (Phi) is 5.98. The summed E-state index contributed by atoms with van der Waals surface area (Å²) in [4.78, 5) is 5.24. The highest BCUT2D eigenvalue weighted by Crippen LogP contribution is 2.57. The Balaban J connectivity index is 1.42. The molecule has 7 aromatic rings. The zero-order chi connectivity index (χ0) is 35.3. The lowest BCUT2D eigenvalue weighted by atomic mass is 9.33. The summed E-state index contributed by atoms with van der Waals surface area (Å²) in [6, 6.07) is 39.6. The number of fused-ring (bicyclic) bond motifs is 7. The molecule has 0 N–H and O–H groups in total. The van der Waals surface area contributed by atoms with Crippen LogP contribution in [0.5, 0.6) is 0 Å². The van der Waals surface area contributed by atoms with E-state index in [1.54, 1.807) is 0 Å². The van der Waals surface area contributed by atoms with E-state index in [4.69, 9.17) is 0 Å². The van der Waals surface area contributed by atoms with E-state index in [1.807, 2.05) is 0 Å². The van der Waals surface area contributed by atoms with Gasteiger partial charge in [0.05, 0.1) is 11.2 Å². The number of anilines is 5. The average Bonchev–Trinajstić information content (AvgIpc) is 3.48. The fourth-order valence-corrected chi connectivity index (χ4v) is 9.89. The van der Waals surface area contributed by atoms with Crippen LogP contribution in [0.3, 0.4) is 0 Å². The molecule has 0 atom stereocenters. The Hall–Kier alpha value is -5.22. The van der Waals surface area contributed by atoms with E-state index in [2.05, 4.69) is 180 Å². The SMILES string of the molecule is Cc1cc2c3c(c1)C(C)(C)C(C)(C)N3c1cc(N(c3ccccc3C)c3ccccc3C)cc3c1B2c1cc(C)cc2c4cc(C)ccc4n-3c12. The van der Waals surface area contributed by atoms with E-state index in [-0.39, 0.29) is 17.7 Å². The van der Waals surface area contributed by atoms with Crippen molar-refractivity contribution in [3.05, 3.63) is 137 Å². The summed E-state index contributed by atoms with van der Waals surface area (Å²) < 4.78 is 2.61. The first-order chi connectivity index (χ1) is 24.4. The van der Waals surface area contributed by atoms with Gasteiger partial charge in [-0.2, -0.15) is 0 Å². The summed E-state index contributed by atoms with van der Waals surface area (Å²) in [6.45, 7) is 21.2. The van der Waals surface area contributed by atoms with Gasteiger partial charge in [0.2, 0.25) is 0 Å². The van der Waals surface area contributed by atoms with Gasteiger partial charge in [-0.1, -0.05) is 91.2 Å². The van der Waals surface area contributed by atoms with E-state index >= 15 is 0 Å². The molecule has 6 aromatic carbocycles. The monoisotopic (exact) mass is 661 g/mol. The van der Waals surface area contributed by atoms with Crippen molar-refractivity contribution in [3.63, 3.8) is 0 Å². The maximum absolute atomic E-state index is 2.73. The third-order valence-electron chi connectivity index (χ3n) is 12.9. The molecule has 0 saturated heterocycles. The maximum Gasteiger partial charge on any atom is 0.252 e. The number of para-hydroxylation sites is 2. The highest BCUT2D eigenvalue weighted by molar-refractivity contribution is 7.00. The number of rotatable bonds is 3. The first kappa shape index (κ1) is 30.6. The smallest absolute Gasteiger partial charge is 0.252 e. The highest BCUT2D eigenvalue weighted by Gasteiger charge is 2.56. The standard InChI is InChI=1S/C47H44BN3/c1-27-18-19-40-33(20-27)34-21-28(2)23-36-44(34)50(40)41-25-32(49(38-16-12-10-14-30(38)4)39-17-13-11-15-31(39)5)26-42-43(41)48(36)37-24-29(3)22-35-45(37)51(42)47(8,9)46(35,6)7/h10-26H,1-9H3. The van der Waals surface area contributed by atoms with E-state index in [0.29, 0.717) is 0 Å². The van der Waals surface area contributed by atoms with Crippen molar-refractivity contribution in [2.24, 2.45) is 0 Å². The lowest BCUT2D eigenvalue weighted by Gasteiger charge is -2.47. The minimum absolute atomic E-state index is 0.0767. The van der Waals surface area contributed by atoms with Crippen molar-refractivity contribution in [2.45, 2.75) is 73.3 Å². The molecule has 0 spiro atoms. The fraction of sp³-hybridized carbons (Fsp3) is 0.234. The van der Waals surface area contributed by atoms with Gasteiger partial charge in [0, 0.05) is 55.7 Å². The molecule has 51 heavy (non-hydrogen) atoms. The van der Waals surface area contributed by atoms with Gasteiger partial charge in [0.1, 0.15) is 0 Å². The van der Waals surface area contributed by atoms with Crippen molar-refractivity contribution >= 4 is 73.3 Å². The second-order valence-electron chi connectivity index (χ2n) is 16.6. The molecule has 10 rings (SSSR count). The van der Waals surface area contributed by atoms with Crippen molar-refractivity contribution in [3.8, 4) is 5.69 Å². The molecular formula is C47H44BN3. The van der Waals surface area contributed by atoms with E-state index in [0.717, 1.165) is 0 Å². The zero-order valence-electron chi connectivity index (χ0n) is 31.2. The Bertz CT molecular complexity index is 2630. The summed E-state index contributed by atoms with van der Waals surface area (Å²) in [5, 5.41) is 2.68. The lowest BCUT2D eigenvalue weighted by Crippen LogP contribution is -2.63. The molecule has 0 aliphatic carbocycles. The first-order valence-electron chi connectivity index (χ1n) is 18.5. The van der Waals surface area contributed by atoms with Gasteiger partial charge in [0.25, 0.3) is 6.71 Å². The predicted octanol–water partition coefficient (Wildman–Crippen LogP) is 10.1. The lowest BCUT2D eigenvalue weighted by molar-refractivity contribution is 0.330. The van der Waals surface area contributed by atoms with Crippen molar-refractivity contribution < 1.29 is 0 Å². The van der Waals surface area contributed by atoms with Gasteiger partial charge in [-0.05, 0) is 124 Å². The molecule has 0 fully saturated rings. The first-order valence-corrected chi connectivity index (χ1v) is 18.5. The number of aryl methyl sites for hydroxylation is 5. The van der Waals surface area contributed by atoms with Crippen molar-refractivity contribution in [1.82, 2.24) is 4.57 Å². The van der Waals surface area contributed by atoms with Crippen molar-refractivity contribution in [2.75, 3.05) is 9.80 Å². The van der Waals surface area contributed by atoms with Gasteiger partial charge < -0.3 is 14.4 Å². The number of aromatic nitrogens is 1. The zero-order valence-corrected chi connectivity index (χ0v) is 31.2. The molecule has 0 bridgehead atoms. The quantitative estimate of drug-likeness (QED) is 0.175. The van der Waals surface area contributed by atoms with Crippen LogP contribution in [0.25, 0.3) is 27.5 Å². The fourth-order valence-electron chi connectivity index (χ4n) is 9.89. The number of nitrogens with zero attached hydrogens (tertiary/aromatic N) is 3. The number of hydrogen-bond acceptors (Lipinski definition) is 2. The van der Waals surface area contributed by atoms with Gasteiger partial charge in [-0.15, -0.1) is 0 Å². The molecule has 3 aliphatic heterocycles. The van der Waals surface area contributed by atoms with Crippen LogP contribution in [0.4, 0.5) is 28.4 Å². The second-order valence-corrected chi connectivity index (χ2v) is 16.6. The Morgan fingerprint density at radius 3 is 1.88 bits per heavy atom. The van der Waals surface area contributed by atoms with Crippen LogP contribution in [0.1, 0.15) is 61.1 Å². The van der Waals surface area contributed by atoms with Crippen LogP contribution < -0.4 is 26.2 Å². The van der Waals surface area contributed by atoms with E-state index < -0.39 is 0 Å². The van der Waals surface area contributed by atoms with Crippen LogP contribution >= 0.6 is 0 Å². The Morgan fingerprint density at radius 1 is 0.588 bits per heavy atom. The van der Waals surface area contributed by atoms with Gasteiger partial charge in [-0.3, -0.25) is 0 Å². The summed E-state index contributed by atoms with van der Waals surface area (Å²) in [5.41, 5.74) is 22.2. The number of benzene rings is 6. The van der Waals surface area contributed by atoms with Crippen LogP contribution in [-0.4, -0.2) is 16.8 Å². The van der Waals surface area contributed by atoms with Gasteiger partial charge in [0.15, 0.2) is 0 Å². The molecular weight excluding hydrogens is 617 g/mol. The van der Waals surface area contributed by atoms with Crippen LogP contribution in [0, 0.1) is 34.6 Å². The van der Waals surface area contributed by atoms with Crippen LogP contribution in [-0.2, 0) is 5.41 Å². The molecule has 1 aromatic heterocycles.